The fourth-order valence-electron chi connectivity index (χ4n) is 4.09. The van der Waals surface area contributed by atoms with Crippen LogP contribution in [0.5, 0.6) is 0 Å². The molecule has 4 heteroatoms. The van der Waals surface area contributed by atoms with E-state index in [9.17, 15) is 4.79 Å². The standard InChI is InChI=1S/C17H27N3O/c1-11(2)20-12(3)9-16(13(20)4)17(21)19-8-7-14-5-6-15(10-19)18-14/h9,11,14-15,18H,5-8,10H2,1-4H3. The Morgan fingerprint density at radius 3 is 2.62 bits per heavy atom. The number of fused-ring (bicyclic) bond motifs is 2. The van der Waals surface area contributed by atoms with Gasteiger partial charge in [-0.15, -0.1) is 0 Å². The molecule has 0 aromatic carbocycles. The van der Waals surface area contributed by atoms with E-state index in [1.54, 1.807) is 0 Å². The molecule has 0 aliphatic carbocycles. The highest BCUT2D eigenvalue weighted by molar-refractivity contribution is 5.95. The molecule has 0 radical (unpaired) electrons. The molecular formula is C17H27N3O. The van der Waals surface area contributed by atoms with Crippen LogP contribution >= 0.6 is 0 Å². The highest BCUT2D eigenvalue weighted by Crippen LogP contribution is 2.25. The molecule has 2 bridgehead atoms. The molecule has 2 fully saturated rings. The number of hydrogen-bond donors (Lipinski definition) is 1. The van der Waals surface area contributed by atoms with Gasteiger partial charge in [0.25, 0.3) is 5.91 Å². The van der Waals surface area contributed by atoms with Crippen molar-refractivity contribution in [2.24, 2.45) is 0 Å². The summed E-state index contributed by atoms with van der Waals surface area (Å²) in [5.74, 6) is 0.212. The molecule has 2 aliphatic rings. The normalized spacial score (nSPS) is 25.5. The third-order valence-electron chi connectivity index (χ3n) is 5.04. The van der Waals surface area contributed by atoms with Crippen molar-refractivity contribution in [2.45, 2.75) is 65.1 Å². The van der Waals surface area contributed by atoms with Gasteiger partial charge in [0.2, 0.25) is 0 Å². The lowest BCUT2D eigenvalue weighted by Gasteiger charge is -2.24. The molecule has 1 amide bonds. The van der Waals surface area contributed by atoms with Crippen LogP contribution in [-0.4, -0.2) is 40.5 Å². The molecule has 4 nitrogen and oxygen atoms in total. The Labute approximate surface area is 127 Å². The molecule has 2 atom stereocenters. The Hall–Kier alpha value is -1.29. The molecule has 0 spiro atoms. The molecule has 21 heavy (non-hydrogen) atoms. The van der Waals surface area contributed by atoms with Gasteiger partial charge >= 0.3 is 0 Å². The lowest BCUT2D eigenvalue weighted by molar-refractivity contribution is 0.0747. The molecule has 116 valence electrons. The molecule has 0 saturated carbocycles. The van der Waals surface area contributed by atoms with Gasteiger partial charge in [-0.05, 0) is 53.0 Å². The Balaban J connectivity index is 1.83. The largest absolute Gasteiger partial charge is 0.346 e. The summed E-state index contributed by atoms with van der Waals surface area (Å²) < 4.78 is 2.26. The summed E-state index contributed by atoms with van der Waals surface area (Å²) in [5, 5.41) is 3.64. The van der Waals surface area contributed by atoms with E-state index in [1.807, 2.05) is 0 Å². The van der Waals surface area contributed by atoms with Crippen LogP contribution < -0.4 is 5.32 Å². The first kappa shape index (κ1) is 14.6. The summed E-state index contributed by atoms with van der Waals surface area (Å²) in [7, 11) is 0. The third kappa shape index (κ3) is 2.61. The van der Waals surface area contributed by atoms with Gasteiger partial charge in [0.15, 0.2) is 0 Å². The number of carbonyl (C=O) groups excluding carboxylic acids is 1. The summed E-state index contributed by atoms with van der Waals surface area (Å²) in [6.07, 6.45) is 3.57. The maximum atomic E-state index is 12.9. The molecule has 2 saturated heterocycles. The number of amides is 1. The molecule has 3 heterocycles. The van der Waals surface area contributed by atoms with E-state index in [-0.39, 0.29) is 5.91 Å². The lowest BCUT2D eigenvalue weighted by Crippen LogP contribution is -2.39. The number of likely N-dealkylation sites (tertiary alicyclic amines) is 1. The minimum Gasteiger partial charge on any atom is -0.346 e. The van der Waals surface area contributed by atoms with E-state index in [0.717, 1.165) is 30.8 Å². The van der Waals surface area contributed by atoms with Crippen molar-refractivity contribution in [1.29, 1.82) is 0 Å². The van der Waals surface area contributed by atoms with Gasteiger partial charge in [0.1, 0.15) is 0 Å². The topological polar surface area (TPSA) is 37.3 Å². The van der Waals surface area contributed by atoms with E-state index in [2.05, 4.69) is 48.5 Å². The van der Waals surface area contributed by atoms with Crippen LogP contribution in [0.2, 0.25) is 0 Å². The zero-order valence-electron chi connectivity index (χ0n) is 13.6. The van der Waals surface area contributed by atoms with Crippen molar-refractivity contribution in [3.63, 3.8) is 0 Å². The number of rotatable bonds is 2. The van der Waals surface area contributed by atoms with Crippen LogP contribution in [0, 0.1) is 13.8 Å². The van der Waals surface area contributed by atoms with Gasteiger partial charge in [-0.2, -0.15) is 0 Å². The maximum Gasteiger partial charge on any atom is 0.255 e. The average Bonchev–Trinajstić information content (AvgIpc) is 2.88. The quantitative estimate of drug-likeness (QED) is 0.909. The summed E-state index contributed by atoms with van der Waals surface area (Å²) in [6, 6.07) is 3.58. The van der Waals surface area contributed by atoms with Gasteiger partial charge in [0.05, 0.1) is 5.56 Å². The van der Waals surface area contributed by atoms with Gasteiger partial charge in [-0.1, -0.05) is 0 Å². The first-order valence-corrected chi connectivity index (χ1v) is 8.21. The lowest BCUT2D eigenvalue weighted by atomic mass is 10.1. The second-order valence-corrected chi connectivity index (χ2v) is 6.93. The number of aromatic nitrogens is 1. The average molecular weight is 289 g/mol. The Bertz CT molecular complexity index is 546. The Kier molecular flexibility index (Phi) is 3.82. The smallest absolute Gasteiger partial charge is 0.255 e. The second-order valence-electron chi connectivity index (χ2n) is 6.93. The van der Waals surface area contributed by atoms with E-state index in [4.69, 9.17) is 0 Å². The van der Waals surface area contributed by atoms with E-state index >= 15 is 0 Å². The van der Waals surface area contributed by atoms with Gasteiger partial charge in [-0.3, -0.25) is 4.79 Å². The minimum atomic E-state index is 0.212. The van der Waals surface area contributed by atoms with Crippen LogP contribution in [0.3, 0.4) is 0 Å². The Morgan fingerprint density at radius 1 is 1.24 bits per heavy atom. The molecule has 3 rings (SSSR count). The molecular weight excluding hydrogens is 262 g/mol. The van der Waals surface area contributed by atoms with E-state index in [0.29, 0.717) is 18.1 Å². The van der Waals surface area contributed by atoms with E-state index in [1.165, 1.54) is 18.5 Å². The highest BCUT2D eigenvalue weighted by Gasteiger charge is 2.32. The number of aryl methyl sites for hydroxylation is 1. The predicted octanol–water partition coefficient (Wildman–Crippen LogP) is 2.65. The molecule has 2 aliphatic heterocycles. The van der Waals surface area contributed by atoms with Crippen LogP contribution in [-0.2, 0) is 0 Å². The number of carbonyl (C=O) groups is 1. The fourth-order valence-corrected chi connectivity index (χ4v) is 4.09. The number of hydrogen-bond acceptors (Lipinski definition) is 2. The molecule has 1 aromatic rings. The molecule has 2 unspecified atom stereocenters. The van der Waals surface area contributed by atoms with Gasteiger partial charge < -0.3 is 14.8 Å². The number of nitrogens with one attached hydrogen (secondary N) is 1. The fraction of sp³-hybridized carbons (Fsp3) is 0.706. The summed E-state index contributed by atoms with van der Waals surface area (Å²) in [5.41, 5.74) is 3.18. The number of nitrogens with zero attached hydrogens (tertiary/aromatic N) is 2. The van der Waals surface area contributed by atoms with Crippen molar-refractivity contribution < 1.29 is 4.79 Å². The zero-order valence-corrected chi connectivity index (χ0v) is 13.6. The van der Waals surface area contributed by atoms with Crippen LogP contribution in [0.1, 0.15) is 60.9 Å². The first-order valence-electron chi connectivity index (χ1n) is 8.21. The van der Waals surface area contributed by atoms with Crippen LogP contribution in [0.15, 0.2) is 6.07 Å². The van der Waals surface area contributed by atoms with Crippen molar-refractivity contribution >= 4 is 5.91 Å². The third-order valence-corrected chi connectivity index (χ3v) is 5.04. The van der Waals surface area contributed by atoms with Crippen LogP contribution in [0.4, 0.5) is 0 Å². The maximum absolute atomic E-state index is 12.9. The van der Waals surface area contributed by atoms with E-state index < -0.39 is 0 Å². The van der Waals surface area contributed by atoms with Gasteiger partial charge in [0, 0.05) is 42.6 Å². The van der Waals surface area contributed by atoms with Crippen molar-refractivity contribution in [3.05, 3.63) is 23.0 Å². The van der Waals surface area contributed by atoms with Crippen molar-refractivity contribution in [1.82, 2.24) is 14.8 Å². The van der Waals surface area contributed by atoms with Crippen LogP contribution in [0.25, 0.3) is 0 Å². The zero-order chi connectivity index (χ0) is 15.1. The van der Waals surface area contributed by atoms with Crippen molar-refractivity contribution in [3.8, 4) is 0 Å². The second kappa shape index (κ2) is 5.48. The molecule has 1 N–H and O–H groups in total. The van der Waals surface area contributed by atoms with Crippen molar-refractivity contribution in [2.75, 3.05) is 13.1 Å². The Morgan fingerprint density at radius 2 is 1.95 bits per heavy atom. The molecule has 1 aromatic heterocycles. The minimum absolute atomic E-state index is 0.212. The first-order chi connectivity index (χ1) is 9.97. The monoisotopic (exact) mass is 289 g/mol. The summed E-state index contributed by atoms with van der Waals surface area (Å²) >= 11 is 0. The summed E-state index contributed by atoms with van der Waals surface area (Å²) in [6.45, 7) is 10.3. The summed E-state index contributed by atoms with van der Waals surface area (Å²) in [4.78, 5) is 15.0. The SMILES string of the molecule is Cc1cc(C(=O)N2CCC3CCC(C2)N3)c(C)n1C(C)C. The van der Waals surface area contributed by atoms with Gasteiger partial charge in [-0.25, -0.2) is 0 Å². The highest BCUT2D eigenvalue weighted by atomic mass is 16.2. The predicted molar refractivity (Wildman–Crippen MR) is 84.8 cm³/mol.